The monoisotopic (exact) mass is 304 g/mol. The van der Waals surface area contributed by atoms with E-state index < -0.39 is 0 Å². The molecule has 2 rings (SSSR count). The molecule has 1 fully saturated rings. The second-order valence-corrected chi connectivity index (χ2v) is 4.94. The van der Waals surface area contributed by atoms with Crippen molar-refractivity contribution in [2.75, 3.05) is 26.3 Å². The van der Waals surface area contributed by atoms with Crippen LogP contribution >= 0.6 is 27.5 Å². The van der Waals surface area contributed by atoms with Gasteiger partial charge in [-0.3, -0.25) is 5.43 Å². The van der Waals surface area contributed by atoms with E-state index in [-0.39, 0.29) is 0 Å². The van der Waals surface area contributed by atoms with Gasteiger partial charge in [-0.2, -0.15) is 0 Å². The van der Waals surface area contributed by atoms with Crippen LogP contribution in [0.15, 0.2) is 22.7 Å². The fourth-order valence-electron chi connectivity index (χ4n) is 1.57. The Balaban J connectivity index is 1.86. The number of morpholine rings is 1. The molecule has 16 heavy (non-hydrogen) atoms. The standard InChI is InChI=1S/C11H14BrClN2O/c12-10-7-9(1-2-11(10)13)8-14-15-3-5-16-6-4-15/h1-2,7,14H,3-6,8H2. The molecule has 0 atom stereocenters. The van der Waals surface area contributed by atoms with Crippen LogP contribution in [0.5, 0.6) is 0 Å². The molecule has 5 heteroatoms. The van der Waals surface area contributed by atoms with Crippen molar-refractivity contribution in [2.24, 2.45) is 0 Å². The second kappa shape index (κ2) is 5.98. The molecule has 1 aliphatic heterocycles. The summed E-state index contributed by atoms with van der Waals surface area (Å²) < 4.78 is 6.22. The number of nitrogens with one attached hydrogen (secondary N) is 1. The van der Waals surface area contributed by atoms with Crippen molar-refractivity contribution < 1.29 is 4.74 Å². The number of halogens is 2. The predicted molar refractivity (Wildman–Crippen MR) is 68.4 cm³/mol. The van der Waals surface area contributed by atoms with Gasteiger partial charge in [0.15, 0.2) is 0 Å². The van der Waals surface area contributed by atoms with E-state index in [1.54, 1.807) is 0 Å². The number of benzene rings is 1. The van der Waals surface area contributed by atoms with Gasteiger partial charge in [-0.05, 0) is 33.6 Å². The molecule has 0 aromatic heterocycles. The molecule has 0 spiro atoms. The van der Waals surface area contributed by atoms with Crippen LogP contribution in [0, 0.1) is 0 Å². The molecule has 1 aliphatic rings. The molecule has 1 saturated heterocycles. The van der Waals surface area contributed by atoms with Crippen molar-refractivity contribution in [1.29, 1.82) is 0 Å². The molecular formula is C11H14BrClN2O. The molecule has 0 radical (unpaired) electrons. The molecule has 0 saturated carbocycles. The van der Waals surface area contributed by atoms with Crippen LogP contribution in [0.2, 0.25) is 5.02 Å². The highest BCUT2D eigenvalue weighted by Crippen LogP contribution is 2.23. The van der Waals surface area contributed by atoms with Gasteiger partial charge in [-0.25, -0.2) is 5.01 Å². The topological polar surface area (TPSA) is 24.5 Å². The minimum atomic E-state index is 0.745. The third-order valence-electron chi connectivity index (χ3n) is 2.50. The van der Waals surface area contributed by atoms with Crippen molar-refractivity contribution in [3.05, 3.63) is 33.3 Å². The minimum Gasteiger partial charge on any atom is -0.379 e. The van der Waals surface area contributed by atoms with E-state index in [1.807, 2.05) is 18.2 Å². The Kier molecular flexibility index (Phi) is 4.61. The lowest BCUT2D eigenvalue weighted by Crippen LogP contribution is -2.45. The van der Waals surface area contributed by atoms with Crippen molar-refractivity contribution in [1.82, 2.24) is 10.4 Å². The lowest BCUT2D eigenvalue weighted by atomic mass is 10.2. The van der Waals surface area contributed by atoms with E-state index in [0.717, 1.165) is 42.3 Å². The smallest absolute Gasteiger partial charge is 0.0608 e. The quantitative estimate of drug-likeness (QED) is 0.928. The lowest BCUT2D eigenvalue weighted by molar-refractivity contribution is 0.0106. The summed E-state index contributed by atoms with van der Waals surface area (Å²) in [5, 5.41) is 2.93. The predicted octanol–water partition coefficient (Wildman–Crippen LogP) is 2.44. The van der Waals surface area contributed by atoms with Gasteiger partial charge in [0.2, 0.25) is 0 Å². The fraction of sp³-hybridized carbons (Fsp3) is 0.455. The van der Waals surface area contributed by atoms with E-state index in [0.29, 0.717) is 0 Å². The zero-order chi connectivity index (χ0) is 11.4. The third-order valence-corrected chi connectivity index (χ3v) is 3.72. The van der Waals surface area contributed by atoms with Gasteiger partial charge in [-0.15, -0.1) is 0 Å². The Morgan fingerprint density at radius 3 is 2.81 bits per heavy atom. The molecule has 1 heterocycles. The van der Waals surface area contributed by atoms with Crippen LogP contribution in [0.3, 0.4) is 0 Å². The highest BCUT2D eigenvalue weighted by molar-refractivity contribution is 9.10. The van der Waals surface area contributed by atoms with E-state index in [2.05, 4.69) is 26.4 Å². The summed E-state index contributed by atoms with van der Waals surface area (Å²) in [5.41, 5.74) is 4.58. The summed E-state index contributed by atoms with van der Waals surface area (Å²) in [7, 11) is 0. The highest BCUT2D eigenvalue weighted by Gasteiger charge is 2.09. The molecule has 1 aromatic carbocycles. The van der Waals surface area contributed by atoms with E-state index in [4.69, 9.17) is 16.3 Å². The molecule has 1 aromatic rings. The Bertz CT molecular complexity index is 356. The minimum absolute atomic E-state index is 0.745. The SMILES string of the molecule is Clc1ccc(CNN2CCOCC2)cc1Br. The maximum absolute atomic E-state index is 5.94. The first kappa shape index (κ1) is 12.3. The summed E-state index contributed by atoms with van der Waals surface area (Å²) in [5.74, 6) is 0. The summed E-state index contributed by atoms with van der Waals surface area (Å²) in [4.78, 5) is 0. The number of ether oxygens (including phenoxy) is 1. The van der Waals surface area contributed by atoms with Crippen LogP contribution in [0.25, 0.3) is 0 Å². The Morgan fingerprint density at radius 1 is 1.38 bits per heavy atom. The number of nitrogens with zero attached hydrogens (tertiary/aromatic N) is 1. The average Bonchev–Trinajstić information content (AvgIpc) is 2.32. The van der Waals surface area contributed by atoms with Gasteiger partial charge in [0, 0.05) is 24.1 Å². The number of hydrogen-bond acceptors (Lipinski definition) is 3. The molecule has 0 aliphatic carbocycles. The first-order chi connectivity index (χ1) is 7.75. The molecule has 3 nitrogen and oxygen atoms in total. The number of hydrogen-bond donors (Lipinski definition) is 1. The summed E-state index contributed by atoms with van der Waals surface area (Å²) in [6, 6.07) is 5.97. The maximum atomic E-state index is 5.94. The molecule has 0 amide bonds. The van der Waals surface area contributed by atoms with Gasteiger partial charge < -0.3 is 4.74 Å². The fourth-order valence-corrected chi connectivity index (χ4v) is 2.12. The summed E-state index contributed by atoms with van der Waals surface area (Å²) >= 11 is 9.35. The van der Waals surface area contributed by atoms with Crippen molar-refractivity contribution in [2.45, 2.75) is 6.54 Å². The van der Waals surface area contributed by atoms with E-state index in [1.165, 1.54) is 5.56 Å². The van der Waals surface area contributed by atoms with Crippen molar-refractivity contribution in [3.63, 3.8) is 0 Å². The van der Waals surface area contributed by atoms with Crippen molar-refractivity contribution in [3.8, 4) is 0 Å². The normalized spacial score (nSPS) is 17.6. The second-order valence-electron chi connectivity index (χ2n) is 3.68. The van der Waals surface area contributed by atoms with Crippen LogP contribution in [0.4, 0.5) is 0 Å². The van der Waals surface area contributed by atoms with E-state index in [9.17, 15) is 0 Å². The maximum Gasteiger partial charge on any atom is 0.0608 e. The Morgan fingerprint density at radius 2 is 2.12 bits per heavy atom. The Labute approximate surface area is 109 Å². The lowest BCUT2D eigenvalue weighted by Gasteiger charge is -2.27. The van der Waals surface area contributed by atoms with Gasteiger partial charge in [0.25, 0.3) is 0 Å². The van der Waals surface area contributed by atoms with Crippen LogP contribution in [0.1, 0.15) is 5.56 Å². The molecule has 1 N–H and O–H groups in total. The van der Waals surface area contributed by atoms with Crippen LogP contribution < -0.4 is 5.43 Å². The highest BCUT2D eigenvalue weighted by atomic mass is 79.9. The first-order valence-electron chi connectivity index (χ1n) is 5.26. The van der Waals surface area contributed by atoms with Gasteiger partial charge in [-0.1, -0.05) is 17.7 Å². The first-order valence-corrected chi connectivity index (χ1v) is 6.43. The molecule has 0 unspecified atom stereocenters. The zero-order valence-electron chi connectivity index (χ0n) is 8.88. The molecular weight excluding hydrogens is 291 g/mol. The van der Waals surface area contributed by atoms with E-state index >= 15 is 0 Å². The van der Waals surface area contributed by atoms with Gasteiger partial charge in [0.05, 0.1) is 18.2 Å². The van der Waals surface area contributed by atoms with Gasteiger partial charge >= 0.3 is 0 Å². The Hall–Kier alpha value is -0.130. The third kappa shape index (κ3) is 3.43. The summed E-state index contributed by atoms with van der Waals surface area (Å²) in [6.07, 6.45) is 0. The van der Waals surface area contributed by atoms with Crippen LogP contribution in [-0.4, -0.2) is 31.3 Å². The number of hydrazine groups is 1. The van der Waals surface area contributed by atoms with Crippen molar-refractivity contribution >= 4 is 27.5 Å². The average molecular weight is 306 g/mol. The number of rotatable bonds is 3. The zero-order valence-corrected chi connectivity index (χ0v) is 11.2. The van der Waals surface area contributed by atoms with Gasteiger partial charge in [0.1, 0.15) is 0 Å². The molecule has 0 bridgehead atoms. The molecule has 88 valence electrons. The van der Waals surface area contributed by atoms with Crippen LogP contribution in [-0.2, 0) is 11.3 Å². The largest absolute Gasteiger partial charge is 0.379 e. The summed E-state index contributed by atoms with van der Waals surface area (Å²) in [6.45, 7) is 4.30.